The van der Waals surface area contributed by atoms with Gasteiger partial charge in [0.1, 0.15) is 0 Å². The van der Waals surface area contributed by atoms with Crippen LogP contribution in [0.2, 0.25) is 0 Å². The third-order valence-electron chi connectivity index (χ3n) is 2.96. The van der Waals surface area contributed by atoms with E-state index in [9.17, 15) is 17.6 Å². The lowest BCUT2D eigenvalue weighted by Gasteiger charge is -2.26. The van der Waals surface area contributed by atoms with Crippen LogP contribution in [0.4, 0.5) is 17.6 Å². The van der Waals surface area contributed by atoms with E-state index in [-0.39, 0.29) is 6.08 Å². The van der Waals surface area contributed by atoms with Crippen molar-refractivity contribution in [3.63, 3.8) is 0 Å². The molecule has 0 aromatic heterocycles. The second-order valence-corrected chi connectivity index (χ2v) is 4.50. The second-order valence-electron chi connectivity index (χ2n) is 4.50. The predicted molar refractivity (Wildman–Crippen MR) is 77.5 cm³/mol. The lowest BCUT2D eigenvalue weighted by molar-refractivity contribution is -0.154. The van der Waals surface area contributed by atoms with Crippen LogP contribution >= 0.6 is 0 Å². The van der Waals surface area contributed by atoms with Crippen LogP contribution in [0.5, 0.6) is 0 Å². The Labute approximate surface area is 121 Å². The van der Waals surface area contributed by atoms with Gasteiger partial charge in [0.2, 0.25) is 0 Å². The lowest BCUT2D eigenvalue weighted by atomic mass is 9.93. The SMILES string of the molecule is C=C=C(CC(=C)C(F)(F)C(F)(F)/C=C/C)c1ccccc1. The molecule has 0 saturated carbocycles. The quantitative estimate of drug-likeness (QED) is 0.361. The topological polar surface area (TPSA) is 0 Å². The summed E-state index contributed by atoms with van der Waals surface area (Å²) in [6, 6.07) is 8.52. The minimum Gasteiger partial charge on any atom is -0.195 e. The third kappa shape index (κ3) is 3.73. The Morgan fingerprint density at radius 3 is 2.24 bits per heavy atom. The molecule has 0 bridgehead atoms. The molecule has 0 aliphatic heterocycles. The van der Waals surface area contributed by atoms with E-state index < -0.39 is 23.8 Å². The highest BCUT2D eigenvalue weighted by Crippen LogP contribution is 2.43. The van der Waals surface area contributed by atoms with E-state index in [1.165, 1.54) is 6.92 Å². The first-order valence-electron chi connectivity index (χ1n) is 6.28. The first-order valence-corrected chi connectivity index (χ1v) is 6.28. The maximum atomic E-state index is 13.8. The summed E-state index contributed by atoms with van der Waals surface area (Å²) < 4.78 is 54.6. The van der Waals surface area contributed by atoms with Crippen molar-refractivity contribution < 1.29 is 17.6 Å². The molecule has 0 heterocycles. The highest BCUT2D eigenvalue weighted by molar-refractivity contribution is 5.67. The van der Waals surface area contributed by atoms with Crippen molar-refractivity contribution in [1.29, 1.82) is 0 Å². The van der Waals surface area contributed by atoms with Crippen LogP contribution in [-0.4, -0.2) is 11.8 Å². The molecule has 0 N–H and O–H groups in total. The molecular weight excluding hydrogens is 280 g/mol. The predicted octanol–water partition coefficient (Wildman–Crippen LogP) is 5.65. The summed E-state index contributed by atoms with van der Waals surface area (Å²) in [4.78, 5) is 0. The molecule has 0 radical (unpaired) electrons. The van der Waals surface area contributed by atoms with E-state index in [1.807, 2.05) is 0 Å². The Bertz CT molecular complexity index is 576. The van der Waals surface area contributed by atoms with E-state index in [1.54, 1.807) is 30.3 Å². The van der Waals surface area contributed by atoms with Gasteiger partial charge in [-0.2, -0.15) is 17.6 Å². The smallest absolute Gasteiger partial charge is 0.195 e. The standard InChI is InChI=1S/C17H16F4/c1-4-11-16(18,19)17(20,21)13(3)12-14(5-2)15-9-7-6-8-10-15/h4,6-11H,2-3,12H2,1H3/b11-4+. The second kappa shape index (κ2) is 6.59. The molecule has 1 aromatic rings. The molecule has 0 fully saturated rings. The molecule has 0 saturated heterocycles. The van der Waals surface area contributed by atoms with Gasteiger partial charge in [-0.1, -0.05) is 49.6 Å². The molecule has 4 heteroatoms. The van der Waals surface area contributed by atoms with Gasteiger partial charge in [-0.3, -0.25) is 0 Å². The Morgan fingerprint density at radius 1 is 1.19 bits per heavy atom. The van der Waals surface area contributed by atoms with Crippen LogP contribution in [0.25, 0.3) is 5.57 Å². The Morgan fingerprint density at radius 2 is 1.76 bits per heavy atom. The monoisotopic (exact) mass is 296 g/mol. The summed E-state index contributed by atoms with van der Waals surface area (Å²) in [6.45, 7) is 7.81. The molecule has 0 nitrogen and oxygen atoms in total. The van der Waals surface area contributed by atoms with Crippen LogP contribution in [0.15, 0.2) is 66.9 Å². The molecule has 112 valence electrons. The van der Waals surface area contributed by atoms with Crippen molar-refractivity contribution >= 4 is 5.57 Å². The maximum absolute atomic E-state index is 13.8. The fraction of sp³-hybridized carbons (Fsp3) is 0.235. The zero-order chi connectivity index (χ0) is 16.1. The molecule has 0 aliphatic carbocycles. The molecule has 21 heavy (non-hydrogen) atoms. The van der Waals surface area contributed by atoms with E-state index in [2.05, 4.69) is 18.9 Å². The highest BCUT2D eigenvalue weighted by Gasteiger charge is 2.55. The fourth-order valence-electron chi connectivity index (χ4n) is 1.78. The van der Waals surface area contributed by atoms with E-state index in [0.29, 0.717) is 11.1 Å². The average molecular weight is 296 g/mol. The minimum absolute atomic E-state index is 0.179. The maximum Gasteiger partial charge on any atom is 0.335 e. The van der Waals surface area contributed by atoms with Crippen molar-refractivity contribution in [3.05, 3.63) is 72.5 Å². The normalized spacial score (nSPS) is 12.2. The number of hydrogen-bond acceptors (Lipinski definition) is 0. The summed E-state index contributed by atoms with van der Waals surface area (Å²) in [6.07, 6.45) is 0.647. The van der Waals surface area contributed by atoms with E-state index in [0.717, 1.165) is 6.08 Å². The number of halogens is 4. The lowest BCUT2D eigenvalue weighted by Crippen LogP contribution is -2.40. The van der Waals surface area contributed by atoms with Gasteiger partial charge in [-0.15, -0.1) is 5.73 Å². The van der Waals surface area contributed by atoms with Crippen molar-refractivity contribution in [3.8, 4) is 0 Å². The first kappa shape index (κ1) is 17.0. The third-order valence-corrected chi connectivity index (χ3v) is 2.96. The van der Waals surface area contributed by atoms with Gasteiger partial charge >= 0.3 is 11.8 Å². The zero-order valence-electron chi connectivity index (χ0n) is 11.7. The van der Waals surface area contributed by atoms with Gasteiger partial charge < -0.3 is 0 Å². The molecule has 0 amide bonds. The summed E-state index contributed by atoms with van der Waals surface area (Å²) in [5.41, 5.74) is 2.54. The van der Waals surface area contributed by atoms with Gasteiger partial charge in [-0.25, -0.2) is 0 Å². The Hall–Kier alpha value is -2.06. The summed E-state index contributed by atoms with van der Waals surface area (Å²) in [5, 5.41) is 0. The van der Waals surface area contributed by atoms with Gasteiger partial charge in [0.25, 0.3) is 0 Å². The van der Waals surface area contributed by atoms with Crippen molar-refractivity contribution in [2.24, 2.45) is 0 Å². The zero-order valence-corrected chi connectivity index (χ0v) is 11.7. The summed E-state index contributed by atoms with van der Waals surface area (Å²) >= 11 is 0. The number of hydrogen-bond donors (Lipinski definition) is 0. The van der Waals surface area contributed by atoms with Crippen molar-refractivity contribution in [1.82, 2.24) is 0 Å². The highest BCUT2D eigenvalue weighted by atomic mass is 19.3. The van der Waals surface area contributed by atoms with Crippen molar-refractivity contribution in [2.45, 2.75) is 25.2 Å². The number of benzene rings is 1. The molecule has 1 aromatic carbocycles. The van der Waals surface area contributed by atoms with Gasteiger partial charge in [0, 0.05) is 17.6 Å². The first-order chi connectivity index (χ1) is 9.76. The van der Waals surface area contributed by atoms with Gasteiger partial charge in [0.15, 0.2) is 0 Å². The Kier molecular flexibility index (Phi) is 5.34. The molecule has 1 rings (SSSR count). The summed E-state index contributed by atoms with van der Waals surface area (Å²) in [5.74, 6) is -8.61. The molecule has 0 aliphatic rings. The van der Waals surface area contributed by atoms with Crippen LogP contribution in [0.3, 0.4) is 0 Å². The van der Waals surface area contributed by atoms with Crippen LogP contribution < -0.4 is 0 Å². The van der Waals surface area contributed by atoms with Crippen LogP contribution in [0, 0.1) is 0 Å². The van der Waals surface area contributed by atoms with Crippen molar-refractivity contribution in [2.75, 3.05) is 0 Å². The van der Waals surface area contributed by atoms with Crippen LogP contribution in [-0.2, 0) is 0 Å². The number of allylic oxidation sites excluding steroid dienone is 4. The average Bonchev–Trinajstić information content (AvgIpc) is 2.45. The molecular formula is C17H16F4. The van der Waals surface area contributed by atoms with Crippen LogP contribution in [0.1, 0.15) is 18.9 Å². The van der Waals surface area contributed by atoms with E-state index >= 15 is 0 Å². The molecule has 0 atom stereocenters. The minimum atomic E-state index is -4.34. The van der Waals surface area contributed by atoms with Gasteiger partial charge in [-0.05, 0) is 18.6 Å². The number of rotatable bonds is 6. The number of alkyl halides is 4. The molecule has 0 spiro atoms. The van der Waals surface area contributed by atoms with Gasteiger partial charge in [0.05, 0.1) is 0 Å². The fourth-order valence-corrected chi connectivity index (χ4v) is 1.78. The largest absolute Gasteiger partial charge is 0.335 e. The van der Waals surface area contributed by atoms with E-state index in [4.69, 9.17) is 0 Å². The summed E-state index contributed by atoms with van der Waals surface area (Å²) in [7, 11) is 0. The molecule has 0 unspecified atom stereocenters. The Balaban J connectivity index is 3.02.